The van der Waals surface area contributed by atoms with Crippen molar-refractivity contribution in [2.45, 2.75) is 19.4 Å². The quantitative estimate of drug-likeness (QED) is 0.535. The van der Waals surface area contributed by atoms with Gasteiger partial charge in [0.15, 0.2) is 5.69 Å². The van der Waals surface area contributed by atoms with Gasteiger partial charge in [0.1, 0.15) is 11.5 Å². The average Bonchev–Trinajstić information content (AvgIpc) is 3.29. The summed E-state index contributed by atoms with van der Waals surface area (Å²) < 4.78 is 14.2. The van der Waals surface area contributed by atoms with Gasteiger partial charge in [0.2, 0.25) is 5.75 Å². The number of nitrogens with zero attached hydrogens (tertiary/aromatic N) is 3. The van der Waals surface area contributed by atoms with Crippen molar-refractivity contribution in [3.8, 4) is 5.75 Å². The van der Waals surface area contributed by atoms with Crippen molar-refractivity contribution in [1.82, 2.24) is 19.6 Å². The van der Waals surface area contributed by atoms with Gasteiger partial charge in [0, 0.05) is 25.8 Å². The molecule has 3 N–H and O–H groups in total. The Morgan fingerprint density at radius 2 is 1.87 bits per heavy atom. The van der Waals surface area contributed by atoms with Gasteiger partial charge in [-0.25, -0.2) is 9.37 Å². The third kappa shape index (κ3) is 4.83. The van der Waals surface area contributed by atoms with Crippen LogP contribution in [0.15, 0.2) is 47.4 Å². The molecule has 9 heteroatoms. The topological polar surface area (TPSA) is 99.0 Å². The highest BCUT2D eigenvalue weighted by molar-refractivity contribution is 5.95. The number of amides is 1. The van der Waals surface area contributed by atoms with E-state index in [0.717, 1.165) is 31.9 Å². The van der Waals surface area contributed by atoms with Crippen LogP contribution in [-0.4, -0.2) is 51.5 Å². The monoisotopic (exact) mass is 425 g/mol. The Kier molecular flexibility index (Phi) is 6.13. The second-order valence-electron chi connectivity index (χ2n) is 7.54. The molecule has 8 nitrogen and oxygen atoms in total. The number of aromatic nitrogens is 2. The molecule has 1 saturated heterocycles. The number of fused-ring (bicyclic) bond motifs is 1. The van der Waals surface area contributed by atoms with E-state index in [2.05, 4.69) is 20.5 Å². The molecule has 1 aliphatic heterocycles. The summed E-state index contributed by atoms with van der Waals surface area (Å²) in [6.45, 7) is 4.00. The molecule has 1 aromatic carbocycles. The second kappa shape index (κ2) is 9.13. The zero-order valence-electron chi connectivity index (χ0n) is 17.0. The van der Waals surface area contributed by atoms with Crippen LogP contribution >= 0.6 is 0 Å². The number of pyridine rings is 1. The summed E-state index contributed by atoms with van der Waals surface area (Å²) in [4.78, 5) is 31.6. The molecule has 162 valence electrons. The molecular formula is C22H24FN5O3. The minimum absolute atomic E-state index is 0.111. The van der Waals surface area contributed by atoms with Crippen LogP contribution in [-0.2, 0) is 6.54 Å². The third-order valence-electron chi connectivity index (χ3n) is 5.34. The van der Waals surface area contributed by atoms with Crippen molar-refractivity contribution in [3.05, 3.63) is 70.0 Å². The molecule has 0 radical (unpaired) electrons. The van der Waals surface area contributed by atoms with E-state index in [1.165, 1.54) is 41.5 Å². The number of halogens is 1. The fourth-order valence-corrected chi connectivity index (χ4v) is 3.63. The summed E-state index contributed by atoms with van der Waals surface area (Å²) in [6, 6.07) is 9.05. The predicted molar refractivity (Wildman–Crippen MR) is 115 cm³/mol. The van der Waals surface area contributed by atoms with Gasteiger partial charge >= 0.3 is 5.56 Å². The van der Waals surface area contributed by atoms with Crippen LogP contribution in [0.1, 0.15) is 28.9 Å². The number of hydrogen-bond acceptors (Lipinski definition) is 6. The van der Waals surface area contributed by atoms with Crippen molar-refractivity contribution in [3.63, 3.8) is 0 Å². The summed E-state index contributed by atoms with van der Waals surface area (Å²) in [5, 5.41) is 16.1. The summed E-state index contributed by atoms with van der Waals surface area (Å²) >= 11 is 0. The zero-order valence-corrected chi connectivity index (χ0v) is 17.0. The largest absolute Gasteiger partial charge is 0.501 e. The van der Waals surface area contributed by atoms with Crippen LogP contribution in [0.3, 0.4) is 0 Å². The van der Waals surface area contributed by atoms with Gasteiger partial charge in [-0.1, -0.05) is 12.1 Å². The van der Waals surface area contributed by atoms with E-state index in [-0.39, 0.29) is 23.7 Å². The number of carbonyl (C=O) groups excluding carboxylic acids is 1. The van der Waals surface area contributed by atoms with Crippen molar-refractivity contribution < 1.29 is 14.3 Å². The molecule has 0 saturated carbocycles. The maximum Gasteiger partial charge on any atom is 0.300 e. The van der Waals surface area contributed by atoms with Gasteiger partial charge in [0.05, 0.1) is 5.69 Å². The zero-order chi connectivity index (χ0) is 21.8. The number of nitrogens with one attached hydrogen (secondary N) is 2. The molecule has 4 rings (SSSR count). The van der Waals surface area contributed by atoms with Gasteiger partial charge in [0.25, 0.3) is 5.91 Å². The normalized spacial score (nSPS) is 14.1. The van der Waals surface area contributed by atoms with E-state index in [1.54, 1.807) is 18.3 Å². The lowest BCUT2D eigenvalue weighted by atomic mass is 10.2. The smallest absolute Gasteiger partial charge is 0.300 e. The number of likely N-dealkylation sites (tertiary alicyclic amines) is 1. The molecule has 0 spiro atoms. The molecule has 0 aliphatic carbocycles. The Balaban J connectivity index is 1.47. The maximum atomic E-state index is 13.0. The van der Waals surface area contributed by atoms with Crippen LogP contribution in [0.25, 0.3) is 5.65 Å². The van der Waals surface area contributed by atoms with E-state index in [9.17, 15) is 19.1 Å². The molecule has 0 unspecified atom stereocenters. The summed E-state index contributed by atoms with van der Waals surface area (Å²) in [7, 11) is 0. The van der Waals surface area contributed by atoms with E-state index in [4.69, 9.17) is 0 Å². The number of anilines is 1. The number of carbonyl (C=O) groups is 1. The fourth-order valence-electron chi connectivity index (χ4n) is 3.63. The van der Waals surface area contributed by atoms with Crippen LogP contribution in [0, 0.1) is 5.82 Å². The first-order valence-electron chi connectivity index (χ1n) is 10.3. The van der Waals surface area contributed by atoms with Crippen molar-refractivity contribution in [2.75, 3.05) is 31.5 Å². The van der Waals surface area contributed by atoms with Gasteiger partial charge in [-0.2, -0.15) is 0 Å². The van der Waals surface area contributed by atoms with E-state index >= 15 is 0 Å². The van der Waals surface area contributed by atoms with Crippen LogP contribution < -0.4 is 16.2 Å². The average molecular weight is 425 g/mol. The van der Waals surface area contributed by atoms with Gasteiger partial charge < -0.3 is 20.6 Å². The Hall–Kier alpha value is -3.46. The minimum atomic E-state index is -0.722. The highest BCUT2D eigenvalue weighted by atomic mass is 19.1. The molecular weight excluding hydrogens is 401 g/mol. The van der Waals surface area contributed by atoms with E-state index < -0.39 is 17.2 Å². The number of hydrogen-bond donors (Lipinski definition) is 3. The van der Waals surface area contributed by atoms with Gasteiger partial charge in [-0.05, 0) is 55.8 Å². The standard InChI is InChI=1S/C22H24FN5O3/c23-16-5-3-15(4-6-16)13-25-21(30)19-20(29)22(31)28-14-17(7-8-18(28)26-19)24-9-12-27-10-1-2-11-27/h3-8,14,24,29H,1-2,9-13H2,(H,25,30). The lowest BCUT2D eigenvalue weighted by molar-refractivity contribution is 0.0942. The van der Waals surface area contributed by atoms with Crippen molar-refractivity contribution in [1.29, 1.82) is 0 Å². The lowest BCUT2D eigenvalue weighted by Crippen LogP contribution is -2.28. The molecule has 2 aromatic heterocycles. The number of benzene rings is 1. The Bertz CT molecular complexity index is 1140. The maximum absolute atomic E-state index is 13.0. The molecule has 1 fully saturated rings. The van der Waals surface area contributed by atoms with Crippen LogP contribution in [0.4, 0.5) is 10.1 Å². The third-order valence-corrected chi connectivity index (χ3v) is 5.34. The first-order chi connectivity index (χ1) is 15.0. The predicted octanol–water partition coefficient (Wildman–Crippen LogP) is 1.98. The van der Waals surface area contributed by atoms with Crippen molar-refractivity contribution >= 4 is 17.2 Å². The highest BCUT2D eigenvalue weighted by Gasteiger charge is 2.19. The Labute approximate surface area is 178 Å². The Morgan fingerprint density at radius 1 is 1.13 bits per heavy atom. The second-order valence-corrected chi connectivity index (χ2v) is 7.54. The van der Waals surface area contributed by atoms with Crippen LogP contribution in [0.2, 0.25) is 0 Å². The highest BCUT2D eigenvalue weighted by Crippen LogP contribution is 2.14. The fraction of sp³-hybridized carbons (Fsp3) is 0.318. The van der Waals surface area contributed by atoms with E-state index in [0.29, 0.717) is 5.56 Å². The molecule has 1 aliphatic rings. The molecule has 0 atom stereocenters. The SMILES string of the molecule is O=C(NCc1ccc(F)cc1)c1nc2ccc(NCCN3CCCC3)cn2c(=O)c1O. The van der Waals surface area contributed by atoms with Crippen LogP contribution in [0.5, 0.6) is 5.75 Å². The van der Waals surface area contributed by atoms with E-state index in [1.807, 2.05) is 0 Å². The summed E-state index contributed by atoms with van der Waals surface area (Å²) in [5.41, 5.74) is 0.585. The van der Waals surface area contributed by atoms with Gasteiger partial charge in [-0.3, -0.25) is 14.0 Å². The molecule has 3 aromatic rings. The minimum Gasteiger partial charge on any atom is -0.501 e. The van der Waals surface area contributed by atoms with Crippen molar-refractivity contribution in [2.24, 2.45) is 0 Å². The first kappa shape index (κ1) is 20.8. The van der Waals surface area contributed by atoms with Gasteiger partial charge in [-0.15, -0.1) is 0 Å². The first-order valence-corrected chi connectivity index (χ1v) is 10.3. The molecule has 1 amide bonds. The number of rotatable bonds is 7. The Morgan fingerprint density at radius 3 is 2.61 bits per heavy atom. The summed E-state index contributed by atoms with van der Waals surface area (Å²) in [5.74, 6) is -1.78. The lowest BCUT2D eigenvalue weighted by Gasteiger charge is -2.15. The summed E-state index contributed by atoms with van der Waals surface area (Å²) in [6.07, 6.45) is 4.03. The molecule has 0 bridgehead atoms. The molecule has 3 heterocycles. The number of aromatic hydroxyl groups is 1. The molecule has 31 heavy (non-hydrogen) atoms.